The van der Waals surface area contributed by atoms with E-state index in [1.165, 1.54) is 6.33 Å². The third kappa shape index (κ3) is 4.17. The highest BCUT2D eigenvalue weighted by Crippen LogP contribution is 2.63. The zero-order chi connectivity index (χ0) is 28.3. The first-order chi connectivity index (χ1) is 20.6. The number of hydrogen-bond donors (Lipinski definition) is 2. The monoisotopic (exact) mass is 588 g/mol. The van der Waals surface area contributed by atoms with Crippen molar-refractivity contribution in [2.24, 2.45) is 0 Å². The number of imidazole rings is 1. The molecule has 0 aliphatic carbocycles. The molecule has 4 saturated heterocycles. The summed E-state index contributed by atoms with van der Waals surface area (Å²) in [6.45, 7) is 0.818. The van der Waals surface area contributed by atoms with Crippen molar-refractivity contribution in [3.8, 4) is 0 Å². The van der Waals surface area contributed by atoms with Crippen LogP contribution >= 0.6 is 8.53 Å². The minimum Gasteiger partial charge on any atom is -0.393 e. The number of hydrogen-bond acceptors (Lipinski definition) is 10. The van der Waals surface area contributed by atoms with Crippen LogP contribution in [0.5, 0.6) is 0 Å². The first-order valence-electron chi connectivity index (χ1n) is 14.0. The lowest BCUT2D eigenvalue weighted by Gasteiger charge is -2.30. The Morgan fingerprint density at radius 2 is 1.93 bits per heavy atom. The van der Waals surface area contributed by atoms with Gasteiger partial charge in [-0.2, -0.15) is 0 Å². The van der Waals surface area contributed by atoms with Crippen LogP contribution in [-0.2, 0) is 18.5 Å². The summed E-state index contributed by atoms with van der Waals surface area (Å²) in [5.74, 6) is -0.0125. The number of rotatable bonds is 7. The van der Waals surface area contributed by atoms with Gasteiger partial charge in [0.25, 0.3) is 14.4 Å². The molecule has 0 saturated carbocycles. The number of carbonyl (C=O) groups is 1. The Bertz CT molecular complexity index is 1610. The van der Waals surface area contributed by atoms with Gasteiger partial charge >= 0.3 is 0 Å². The third-order valence-electron chi connectivity index (χ3n) is 8.51. The van der Waals surface area contributed by atoms with Gasteiger partial charge in [0, 0.05) is 18.2 Å². The van der Waals surface area contributed by atoms with Crippen LogP contribution in [0.15, 0.2) is 73.3 Å². The Balaban J connectivity index is 1.06. The van der Waals surface area contributed by atoms with Crippen LogP contribution in [0.1, 0.15) is 41.1 Å². The molecule has 42 heavy (non-hydrogen) atoms. The Kier molecular flexibility index (Phi) is 6.53. The van der Waals surface area contributed by atoms with Gasteiger partial charge in [-0.05, 0) is 30.5 Å². The standard InChI is InChI=1S/C29H29N6O6P/c36-14-29-15-38-23(24(29)41-42-35-13-7-12-20(35)22(40-42)18-8-3-1-4-9-18)28(39-29)34-17-32-21-25(30-16-31-26(21)34)33-27(37)19-10-5-2-6-11-19/h1-6,8-11,16-17,20,22-24,28,36H,7,12-15H2,(H,30,31,33,37)/t20-,22+,23-,24?,28+,29-,42+/m0/s1. The van der Waals surface area contributed by atoms with Crippen molar-refractivity contribution >= 4 is 31.4 Å². The molecule has 2 bridgehead atoms. The molecule has 13 heteroatoms. The van der Waals surface area contributed by atoms with Gasteiger partial charge < -0.3 is 28.9 Å². The first kappa shape index (κ1) is 26.3. The van der Waals surface area contributed by atoms with Crippen molar-refractivity contribution in [2.75, 3.05) is 25.1 Å². The summed E-state index contributed by atoms with van der Waals surface area (Å²) in [5.41, 5.74) is 1.46. The Morgan fingerprint density at radius 1 is 1.12 bits per heavy atom. The number of aliphatic hydroxyl groups excluding tert-OH is 1. The second kappa shape index (κ2) is 10.4. The molecule has 0 radical (unpaired) electrons. The third-order valence-corrected chi connectivity index (χ3v) is 10.2. The number of ether oxygens (including phenoxy) is 2. The summed E-state index contributed by atoms with van der Waals surface area (Å²) in [5, 5.41) is 13.4. The lowest BCUT2D eigenvalue weighted by molar-refractivity contribution is -0.184. The van der Waals surface area contributed by atoms with Crippen molar-refractivity contribution in [1.29, 1.82) is 0 Å². The normalized spacial score (nSPS) is 32.0. The topological polar surface area (TPSA) is 133 Å². The van der Waals surface area contributed by atoms with Crippen molar-refractivity contribution in [3.63, 3.8) is 0 Å². The molecule has 6 heterocycles. The molecule has 2 aromatic heterocycles. The van der Waals surface area contributed by atoms with E-state index in [1.54, 1.807) is 35.2 Å². The van der Waals surface area contributed by atoms with Crippen molar-refractivity contribution in [3.05, 3.63) is 84.4 Å². The number of amides is 1. The van der Waals surface area contributed by atoms with Crippen molar-refractivity contribution < 1.29 is 28.4 Å². The average molecular weight is 589 g/mol. The smallest absolute Gasteiger partial charge is 0.260 e. The number of benzene rings is 2. The van der Waals surface area contributed by atoms with Gasteiger partial charge in [0.05, 0.1) is 19.5 Å². The second-order valence-corrected chi connectivity index (χ2v) is 12.4. The number of aromatic nitrogens is 4. The molecule has 4 aliphatic rings. The second-order valence-electron chi connectivity index (χ2n) is 10.9. The minimum atomic E-state index is -1.39. The van der Waals surface area contributed by atoms with E-state index in [-0.39, 0.29) is 37.1 Å². The summed E-state index contributed by atoms with van der Waals surface area (Å²) in [6.07, 6.45) is 3.26. The molecule has 2 N–H and O–H groups in total. The molecule has 216 valence electrons. The van der Waals surface area contributed by atoms with Crippen LogP contribution in [0.25, 0.3) is 11.2 Å². The summed E-state index contributed by atoms with van der Waals surface area (Å²) < 4.78 is 30.1. The molecular weight excluding hydrogens is 559 g/mol. The van der Waals surface area contributed by atoms with Crippen LogP contribution in [0.4, 0.5) is 5.82 Å². The Hall–Kier alpha value is -3.35. The molecule has 0 spiro atoms. The van der Waals surface area contributed by atoms with Crippen molar-refractivity contribution in [1.82, 2.24) is 24.2 Å². The largest absolute Gasteiger partial charge is 0.393 e. The molecule has 2 aromatic carbocycles. The quantitative estimate of drug-likeness (QED) is 0.309. The molecule has 12 nitrogen and oxygen atoms in total. The van der Waals surface area contributed by atoms with E-state index < -0.39 is 32.6 Å². The molecule has 1 amide bonds. The van der Waals surface area contributed by atoms with Crippen molar-refractivity contribution in [2.45, 2.75) is 49.0 Å². The number of carbonyl (C=O) groups excluding carboxylic acids is 1. The maximum atomic E-state index is 12.8. The number of anilines is 1. The zero-order valence-electron chi connectivity index (χ0n) is 22.5. The molecule has 7 atom stereocenters. The fourth-order valence-corrected chi connectivity index (χ4v) is 8.45. The van der Waals surface area contributed by atoms with Crippen LogP contribution in [0.2, 0.25) is 0 Å². The Labute approximate surface area is 242 Å². The molecule has 4 aliphatic heterocycles. The molecule has 4 fully saturated rings. The molecule has 1 unspecified atom stereocenters. The number of fused-ring (bicyclic) bond motifs is 4. The number of aliphatic hydroxyl groups is 1. The predicted molar refractivity (Wildman–Crippen MR) is 151 cm³/mol. The van der Waals surface area contributed by atoms with E-state index in [2.05, 4.69) is 37.1 Å². The minimum absolute atomic E-state index is 0.0691. The van der Waals surface area contributed by atoms with Gasteiger partial charge in [0.2, 0.25) is 0 Å². The van der Waals surface area contributed by atoms with Crippen LogP contribution in [0, 0.1) is 0 Å². The van der Waals surface area contributed by atoms with E-state index >= 15 is 0 Å². The first-order valence-corrected chi connectivity index (χ1v) is 15.2. The predicted octanol–water partition coefficient (Wildman–Crippen LogP) is 3.59. The number of nitrogens with one attached hydrogen (secondary N) is 1. The fourth-order valence-electron chi connectivity index (χ4n) is 6.41. The fraction of sp³-hybridized carbons (Fsp3) is 0.379. The van der Waals surface area contributed by atoms with Crippen LogP contribution < -0.4 is 5.32 Å². The average Bonchev–Trinajstić information content (AvgIpc) is 3.86. The maximum absolute atomic E-state index is 12.8. The van der Waals surface area contributed by atoms with E-state index in [4.69, 9.17) is 18.5 Å². The molecule has 8 rings (SSSR count). The lowest BCUT2D eigenvalue weighted by Crippen LogP contribution is -2.45. The summed E-state index contributed by atoms with van der Waals surface area (Å²) in [4.78, 5) is 26.0. The van der Waals surface area contributed by atoms with Crippen LogP contribution in [-0.4, -0.2) is 78.8 Å². The Morgan fingerprint density at radius 3 is 2.74 bits per heavy atom. The van der Waals surface area contributed by atoms with E-state index in [1.807, 2.05) is 24.3 Å². The van der Waals surface area contributed by atoms with E-state index in [0.717, 1.165) is 24.9 Å². The summed E-state index contributed by atoms with van der Waals surface area (Å²) in [7, 11) is -1.39. The van der Waals surface area contributed by atoms with Crippen LogP contribution in [0.3, 0.4) is 0 Å². The van der Waals surface area contributed by atoms with Gasteiger partial charge in [-0.1, -0.05) is 48.5 Å². The zero-order valence-corrected chi connectivity index (χ0v) is 23.4. The highest BCUT2D eigenvalue weighted by atomic mass is 31.2. The van der Waals surface area contributed by atoms with Gasteiger partial charge in [0.1, 0.15) is 30.2 Å². The number of nitrogens with zero attached hydrogens (tertiary/aromatic N) is 5. The van der Waals surface area contributed by atoms with Gasteiger partial charge in [-0.25, -0.2) is 19.6 Å². The molecule has 4 aromatic rings. The van der Waals surface area contributed by atoms with E-state index in [9.17, 15) is 9.90 Å². The highest BCUT2D eigenvalue weighted by Gasteiger charge is 2.65. The SMILES string of the molecule is O=C(Nc1ncnc2c1ncn2[C@@H]1O[C@@]2(CO)CO[C@H]1C2O[P@@]1O[C@H](c2ccccc2)[C@@H]2CCCN21)c1ccccc1. The van der Waals surface area contributed by atoms with E-state index in [0.29, 0.717) is 16.7 Å². The highest BCUT2D eigenvalue weighted by molar-refractivity contribution is 7.45. The van der Waals surface area contributed by atoms with Gasteiger partial charge in [-0.3, -0.25) is 9.36 Å². The summed E-state index contributed by atoms with van der Waals surface area (Å²) >= 11 is 0. The molecular formula is C29H29N6O6P. The lowest BCUT2D eigenvalue weighted by atomic mass is 10.0. The summed E-state index contributed by atoms with van der Waals surface area (Å²) in [6, 6.07) is 19.4. The maximum Gasteiger partial charge on any atom is 0.260 e. The van der Waals surface area contributed by atoms with Gasteiger partial charge in [-0.15, -0.1) is 0 Å². The van der Waals surface area contributed by atoms with Gasteiger partial charge in [0.15, 0.2) is 23.2 Å².